The molecule has 0 fully saturated rings. The van der Waals surface area contributed by atoms with E-state index in [1.54, 1.807) is 30.3 Å². The van der Waals surface area contributed by atoms with Crippen LogP contribution in [0.1, 0.15) is 0 Å². The van der Waals surface area contributed by atoms with E-state index in [9.17, 15) is 9.18 Å². The second-order valence-electron chi connectivity index (χ2n) is 5.82. The molecular formula is C20H15FN4OS. The van der Waals surface area contributed by atoms with E-state index in [1.807, 2.05) is 30.3 Å². The number of nitrogens with zero attached hydrogens (tertiary/aromatic N) is 3. The molecule has 134 valence electrons. The van der Waals surface area contributed by atoms with Crippen molar-refractivity contribution < 1.29 is 9.18 Å². The summed E-state index contributed by atoms with van der Waals surface area (Å²) in [4.78, 5) is 14.7. The minimum atomic E-state index is -0.311. The lowest BCUT2D eigenvalue weighted by atomic mass is 10.3. The number of halogens is 1. The van der Waals surface area contributed by atoms with Crippen molar-refractivity contribution in [2.24, 2.45) is 0 Å². The zero-order valence-electron chi connectivity index (χ0n) is 14.2. The number of thioether (sulfide) groups is 1. The van der Waals surface area contributed by atoms with Crippen molar-refractivity contribution in [1.82, 2.24) is 15.0 Å². The van der Waals surface area contributed by atoms with Gasteiger partial charge in [-0.3, -0.25) is 4.79 Å². The Labute approximate surface area is 159 Å². The first kappa shape index (κ1) is 17.2. The van der Waals surface area contributed by atoms with Gasteiger partial charge in [0.25, 0.3) is 0 Å². The standard InChI is InChI=1S/C20H15FN4OS/c21-14-6-9-16(10-7-14)25-23-18-11-8-15(12-19(18)24-25)22-20(26)13-27-17-4-2-1-3-5-17/h1-12H,13H2,(H,22,26). The predicted octanol–water partition coefficient (Wildman–Crippen LogP) is 4.29. The smallest absolute Gasteiger partial charge is 0.234 e. The van der Waals surface area contributed by atoms with Crippen LogP contribution < -0.4 is 5.32 Å². The van der Waals surface area contributed by atoms with Gasteiger partial charge in [-0.15, -0.1) is 22.0 Å². The lowest BCUT2D eigenvalue weighted by Gasteiger charge is -2.04. The van der Waals surface area contributed by atoms with Gasteiger partial charge in [-0.1, -0.05) is 18.2 Å². The van der Waals surface area contributed by atoms with Crippen LogP contribution in [0, 0.1) is 5.82 Å². The van der Waals surface area contributed by atoms with Crippen molar-refractivity contribution in [2.75, 3.05) is 11.1 Å². The number of hydrogen-bond acceptors (Lipinski definition) is 4. The third-order valence-electron chi connectivity index (χ3n) is 3.83. The molecule has 0 saturated carbocycles. The van der Waals surface area contributed by atoms with Gasteiger partial charge in [0.1, 0.15) is 16.9 Å². The highest BCUT2D eigenvalue weighted by atomic mass is 32.2. The molecule has 1 N–H and O–H groups in total. The molecule has 5 nitrogen and oxygen atoms in total. The molecule has 1 amide bonds. The van der Waals surface area contributed by atoms with E-state index in [1.165, 1.54) is 28.7 Å². The van der Waals surface area contributed by atoms with Gasteiger partial charge in [0, 0.05) is 10.6 Å². The number of rotatable bonds is 5. The summed E-state index contributed by atoms with van der Waals surface area (Å²) in [6.07, 6.45) is 0. The van der Waals surface area contributed by atoms with Crippen molar-refractivity contribution in [2.45, 2.75) is 4.90 Å². The van der Waals surface area contributed by atoms with Crippen LogP contribution in [0.25, 0.3) is 16.7 Å². The Balaban J connectivity index is 1.46. The lowest BCUT2D eigenvalue weighted by Crippen LogP contribution is -2.13. The Morgan fingerprint density at radius 2 is 1.70 bits per heavy atom. The monoisotopic (exact) mass is 378 g/mol. The average Bonchev–Trinajstić information content (AvgIpc) is 3.11. The number of benzene rings is 3. The lowest BCUT2D eigenvalue weighted by molar-refractivity contribution is -0.113. The van der Waals surface area contributed by atoms with E-state index in [0.717, 1.165) is 4.90 Å². The summed E-state index contributed by atoms with van der Waals surface area (Å²) in [5.41, 5.74) is 2.66. The number of amides is 1. The summed E-state index contributed by atoms with van der Waals surface area (Å²) in [7, 11) is 0. The fourth-order valence-electron chi connectivity index (χ4n) is 2.54. The van der Waals surface area contributed by atoms with E-state index in [2.05, 4.69) is 15.5 Å². The van der Waals surface area contributed by atoms with Gasteiger partial charge in [-0.2, -0.15) is 4.80 Å². The van der Waals surface area contributed by atoms with Gasteiger partial charge >= 0.3 is 0 Å². The Morgan fingerprint density at radius 1 is 0.963 bits per heavy atom. The molecule has 4 rings (SSSR count). The molecule has 0 unspecified atom stereocenters. The van der Waals surface area contributed by atoms with Gasteiger partial charge in [-0.05, 0) is 54.6 Å². The maximum Gasteiger partial charge on any atom is 0.234 e. The zero-order valence-corrected chi connectivity index (χ0v) is 15.0. The Kier molecular flexibility index (Phi) is 4.84. The summed E-state index contributed by atoms with van der Waals surface area (Å²) in [5.74, 6) is -0.0763. The summed E-state index contributed by atoms with van der Waals surface area (Å²) in [6, 6.07) is 21.1. The third-order valence-corrected chi connectivity index (χ3v) is 4.85. The number of fused-ring (bicyclic) bond motifs is 1. The molecule has 7 heteroatoms. The summed E-state index contributed by atoms with van der Waals surface area (Å²) in [6.45, 7) is 0. The van der Waals surface area contributed by atoms with E-state index in [-0.39, 0.29) is 11.7 Å². The fraction of sp³-hybridized carbons (Fsp3) is 0.0500. The van der Waals surface area contributed by atoms with Crippen molar-refractivity contribution >= 4 is 34.4 Å². The van der Waals surface area contributed by atoms with Crippen LogP contribution in [0.3, 0.4) is 0 Å². The van der Waals surface area contributed by atoms with Crippen LogP contribution in [0.5, 0.6) is 0 Å². The first-order valence-electron chi connectivity index (χ1n) is 8.28. The quantitative estimate of drug-likeness (QED) is 0.526. The van der Waals surface area contributed by atoms with Crippen LogP contribution in [0.2, 0.25) is 0 Å². The number of nitrogens with one attached hydrogen (secondary N) is 1. The largest absolute Gasteiger partial charge is 0.325 e. The normalized spacial score (nSPS) is 10.9. The molecular weight excluding hydrogens is 363 g/mol. The van der Waals surface area contributed by atoms with E-state index >= 15 is 0 Å². The van der Waals surface area contributed by atoms with Gasteiger partial charge < -0.3 is 5.32 Å². The van der Waals surface area contributed by atoms with Gasteiger partial charge in [0.05, 0.1) is 11.4 Å². The first-order valence-corrected chi connectivity index (χ1v) is 9.27. The maximum atomic E-state index is 13.1. The predicted molar refractivity (Wildman–Crippen MR) is 105 cm³/mol. The van der Waals surface area contributed by atoms with Crippen LogP contribution in [-0.4, -0.2) is 26.7 Å². The summed E-state index contributed by atoms with van der Waals surface area (Å²) in [5, 5.41) is 11.7. The Hall–Kier alpha value is -3.19. The van der Waals surface area contributed by atoms with Gasteiger partial charge in [-0.25, -0.2) is 4.39 Å². The van der Waals surface area contributed by atoms with Crippen molar-refractivity contribution in [3.63, 3.8) is 0 Å². The topological polar surface area (TPSA) is 59.8 Å². The van der Waals surface area contributed by atoms with Crippen LogP contribution >= 0.6 is 11.8 Å². The summed E-state index contributed by atoms with van der Waals surface area (Å²) >= 11 is 1.48. The van der Waals surface area contributed by atoms with Gasteiger partial charge in [0.2, 0.25) is 5.91 Å². The molecule has 0 radical (unpaired) electrons. The highest BCUT2D eigenvalue weighted by molar-refractivity contribution is 8.00. The molecule has 4 aromatic rings. The number of anilines is 1. The Bertz CT molecular complexity index is 1080. The summed E-state index contributed by atoms with van der Waals surface area (Å²) < 4.78 is 13.1. The van der Waals surface area contributed by atoms with Crippen molar-refractivity contribution in [3.8, 4) is 5.69 Å². The molecule has 0 bridgehead atoms. The molecule has 0 atom stereocenters. The number of hydrogen-bond donors (Lipinski definition) is 1. The van der Waals surface area contributed by atoms with Crippen molar-refractivity contribution in [3.05, 3.63) is 78.6 Å². The second kappa shape index (κ2) is 7.59. The van der Waals surface area contributed by atoms with E-state index in [4.69, 9.17) is 0 Å². The average molecular weight is 378 g/mol. The van der Waals surface area contributed by atoms with E-state index in [0.29, 0.717) is 28.2 Å². The Morgan fingerprint density at radius 3 is 2.48 bits per heavy atom. The minimum absolute atomic E-state index is 0.0888. The molecule has 1 aromatic heterocycles. The highest BCUT2D eigenvalue weighted by Crippen LogP contribution is 2.20. The van der Waals surface area contributed by atoms with E-state index < -0.39 is 0 Å². The molecule has 0 spiro atoms. The number of carbonyl (C=O) groups excluding carboxylic acids is 1. The second-order valence-corrected chi connectivity index (χ2v) is 6.87. The molecule has 0 saturated heterocycles. The minimum Gasteiger partial charge on any atom is -0.325 e. The molecule has 3 aromatic carbocycles. The SMILES string of the molecule is O=C(CSc1ccccc1)Nc1ccc2nn(-c3ccc(F)cc3)nc2c1. The number of carbonyl (C=O) groups is 1. The first-order chi connectivity index (χ1) is 13.2. The van der Waals surface area contributed by atoms with Crippen LogP contribution in [0.4, 0.5) is 10.1 Å². The molecule has 27 heavy (non-hydrogen) atoms. The van der Waals surface area contributed by atoms with Crippen LogP contribution in [-0.2, 0) is 4.79 Å². The molecule has 1 heterocycles. The molecule has 0 aliphatic heterocycles. The number of aromatic nitrogens is 3. The highest BCUT2D eigenvalue weighted by Gasteiger charge is 2.08. The zero-order chi connectivity index (χ0) is 18.6. The third kappa shape index (κ3) is 4.15. The van der Waals surface area contributed by atoms with Gasteiger partial charge in [0.15, 0.2) is 0 Å². The maximum absolute atomic E-state index is 13.1. The molecule has 0 aliphatic rings. The van der Waals surface area contributed by atoms with Crippen LogP contribution in [0.15, 0.2) is 77.7 Å². The van der Waals surface area contributed by atoms with Crippen molar-refractivity contribution in [1.29, 1.82) is 0 Å². The fourth-order valence-corrected chi connectivity index (χ4v) is 3.26. The molecule has 0 aliphatic carbocycles.